The molecule has 1 aliphatic carbocycles. The fraction of sp³-hybridized carbons (Fsp3) is 0.444. The van der Waals surface area contributed by atoms with Gasteiger partial charge in [-0.2, -0.15) is 0 Å². The summed E-state index contributed by atoms with van der Waals surface area (Å²) in [6, 6.07) is 0. The average Bonchev–Trinajstić information content (AvgIpc) is 2.17. The molecule has 11 heavy (non-hydrogen) atoms. The van der Waals surface area contributed by atoms with Crippen molar-refractivity contribution >= 4 is 5.78 Å². The summed E-state index contributed by atoms with van der Waals surface area (Å²) in [6.45, 7) is 7.27. The smallest absolute Gasteiger partial charge is 0.184 e. The molecular weight excluding hydrogens is 140 g/mol. The zero-order valence-electron chi connectivity index (χ0n) is 6.85. The summed E-state index contributed by atoms with van der Waals surface area (Å²) >= 11 is 0. The Labute approximate surface area is 66.2 Å². The van der Waals surface area contributed by atoms with Crippen LogP contribution in [-0.4, -0.2) is 17.5 Å². The lowest BCUT2D eigenvalue weighted by molar-refractivity contribution is -0.112. The van der Waals surface area contributed by atoms with Crippen LogP contribution in [0.1, 0.15) is 13.8 Å². The SMILES string of the molecule is C=C1C(=O)C(C)=C(C)C1CO. The Morgan fingerprint density at radius 1 is 1.55 bits per heavy atom. The molecule has 2 heteroatoms. The molecule has 0 aromatic rings. The molecule has 1 N–H and O–H groups in total. The van der Waals surface area contributed by atoms with E-state index >= 15 is 0 Å². The third kappa shape index (κ3) is 1.03. The Morgan fingerprint density at radius 3 is 2.27 bits per heavy atom. The molecule has 0 spiro atoms. The molecule has 1 rings (SSSR count). The maximum atomic E-state index is 11.2. The van der Waals surface area contributed by atoms with E-state index in [1.165, 1.54) is 0 Å². The number of hydrogen-bond donors (Lipinski definition) is 1. The van der Waals surface area contributed by atoms with Crippen LogP contribution in [0.3, 0.4) is 0 Å². The zero-order valence-corrected chi connectivity index (χ0v) is 6.85. The van der Waals surface area contributed by atoms with Gasteiger partial charge in [-0.05, 0) is 19.4 Å². The van der Waals surface area contributed by atoms with Gasteiger partial charge in [0.2, 0.25) is 0 Å². The van der Waals surface area contributed by atoms with Crippen molar-refractivity contribution in [2.75, 3.05) is 6.61 Å². The van der Waals surface area contributed by atoms with Crippen LogP contribution in [0, 0.1) is 5.92 Å². The summed E-state index contributed by atoms with van der Waals surface area (Å²) in [7, 11) is 0. The van der Waals surface area contributed by atoms with E-state index in [2.05, 4.69) is 6.58 Å². The number of ketones is 1. The van der Waals surface area contributed by atoms with Gasteiger partial charge in [-0.25, -0.2) is 0 Å². The van der Waals surface area contributed by atoms with Gasteiger partial charge in [0, 0.05) is 11.5 Å². The number of Topliss-reactive ketones (excluding diaryl/α,β-unsaturated/α-hetero) is 1. The molecule has 1 unspecified atom stereocenters. The average molecular weight is 152 g/mol. The fourth-order valence-corrected chi connectivity index (χ4v) is 1.35. The van der Waals surface area contributed by atoms with E-state index < -0.39 is 0 Å². The van der Waals surface area contributed by atoms with Crippen molar-refractivity contribution in [2.24, 2.45) is 5.92 Å². The number of rotatable bonds is 1. The molecule has 0 amide bonds. The lowest BCUT2D eigenvalue weighted by Crippen LogP contribution is -2.07. The molecule has 1 aliphatic rings. The zero-order chi connectivity index (χ0) is 8.59. The molecule has 0 heterocycles. The van der Waals surface area contributed by atoms with Crippen molar-refractivity contribution in [1.82, 2.24) is 0 Å². The first kappa shape index (κ1) is 8.21. The largest absolute Gasteiger partial charge is 0.395 e. The first-order valence-electron chi connectivity index (χ1n) is 3.61. The fourth-order valence-electron chi connectivity index (χ4n) is 1.35. The van der Waals surface area contributed by atoms with Gasteiger partial charge in [-0.1, -0.05) is 12.2 Å². The first-order chi connectivity index (χ1) is 5.09. The van der Waals surface area contributed by atoms with Gasteiger partial charge < -0.3 is 5.11 Å². The molecule has 60 valence electrons. The van der Waals surface area contributed by atoms with Gasteiger partial charge in [0.15, 0.2) is 5.78 Å². The van der Waals surface area contributed by atoms with Crippen LogP contribution in [0.15, 0.2) is 23.3 Å². The molecule has 0 radical (unpaired) electrons. The van der Waals surface area contributed by atoms with Crippen LogP contribution >= 0.6 is 0 Å². The van der Waals surface area contributed by atoms with Crippen LogP contribution in [0.5, 0.6) is 0 Å². The second-order valence-electron chi connectivity index (χ2n) is 2.90. The summed E-state index contributed by atoms with van der Waals surface area (Å²) in [6.07, 6.45) is 0. The number of aliphatic hydroxyl groups excluding tert-OH is 1. The number of hydrogen-bond acceptors (Lipinski definition) is 2. The third-order valence-electron chi connectivity index (χ3n) is 2.35. The molecular formula is C9H12O2. The Kier molecular flexibility index (Phi) is 1.96. The van der Waals surface area contributed by atoms with Gasteiger partial charge in [0.05, 0.1) is 6.61 Å². The summed E-state index contributed by atoms with van der Waals surface area (Å²) in [5.41, 5.74) is 2.24. The number of carbonyl (C=O) groups excluding carboxylic acids is 1. The summed E-state index contributed by atoms with van der Waals surface area (Å²) in [4.78, 5) is 11.2. The minimum absolute atomic E-state index is 0.00144. The van der Waals surface area contributed by atoms with E-state index in [1.54, 1.807) is 6.92 Å². The Morgan fingerprint density at radius 2 is 2.09 bits per heavy atom. The highest BCUT2D eigenvalue weighted by Gasteiger charge is 2.29. The van der Waals surface area contributed by atoms with E-state index in [1.807, 2.05) is 6.92 Å². The summed E-state index contributed by atoms with van der Waals surface area (Å²) < 4.78 is 0. The highest BCUT2D eigenvalue weighted by atomic mass is 16.3. The molecule has 0 aliphatic heterocycles. The highest BCUT2D eigenvalue weighted by Crippen LogP contribution is 2.31. The van der Waals surface area contributed by atoms with Gasteiger partial charge >= 0.3 is 0 Å². The predicted octanol–water partition coefficient (Wildman–Crippen LogP) is 1.07. The van der Waals surface area contributed by atoms with Crippen molar-refractivity contribution in [3.05, 3.63) is 23.3 Å². The van der Waals surface area contributed by atoms with E-state index in [0.717, 1.165) is 11.1 Å². The van der Waals surface area contributed by atoms with Crippen molar-refractivity contribution in [1.29, 1.82) is 0 Å². The lowest BCUT2D eigenvalue weighted by atomic mass is 10.0. The van der Waals surface area contributed by atoms with Crippen LogP contribution < -0.4 is 0 Å². The number of aliphatic hydroxyl groups is 1. The Balaban J connectivity index is 3.04. The van der Waals surface area contributed by atoms with E-state index in [4.69, 9.17) is 5.11 Å². The van der Waals surface area contributed by atoms with Crippen LogP contribution in [0.25, 0.3) is 0 Å². The highest BCUT2D eigenvalue weighted by molar-refractivity contribution is 6.11. The lowest BCUT2D eigenvalue weighted by Gasteiger charge is -2.06. The maximum absolute atomic E-state index is 11.2. The number of carbonyl (C=O) groups is 1. The first-order valence-corrected chi connectivity index (χ1v) is 3.61. The minimum Gasteiger partial charge on any atom is -0.395 e. The Bertz CT molecular complexity index is 248. The molecule has 2 nitrogen and oxygen atoms in total. The van der Waals surface area contributed by atoms with E-state index in [0.29, 0.717) is 5.57 Å². The second kappa shape index (κ2) is 2.62. The maximum Gasteiger partial charge on any atom is 0.184 e. The van der Waals surface area contributed by atoms with Crippen LogP contribution in [0.2, 0.25) is 0 Å². The molecule has 0 aromatic carbocycles. The normalized spacial score (nSPS) is 25.2. The van der Waals surface area contributed by atoms with Crippen molar-refractivity contribution in [3.63, 3.8) is 0 Å². The van der Waals surface area contributed by atoms with Gasteiger partial charge in [-0.15, -0.1) is 0 Å². The van der Waals surface area contributed by atoms with Gasteiger partial charge in [0.25, 0.3) is 0 Å². The standard InChI is InChI=1S/C9H12O2/c1-5-6(2)9(11)7(3)8(5)4-10/h8,10H,3-4H2,1-2H3. The van der Waals surface area contributed by atoms with Crippen LogP contribution in [0.4, 0.5) is 0 Å². The second-order valence-corrected chi connectivity index (χ2v) is 2.90. The van der Waals surface area contributed by atoms with Crippen LogP contribution in [-0.2, 0) is 4.79 Å². The third-order valence-corrected chi connectivity index (χ3v) is 2.35. The topological polar surface area (TPSA) is 37.3 Å². The molecule has 0 bridgehead atoms. The van der Waals surface area contributed by atoms with Gasteiger partial charge in [0.1, 0.15) is 0 Å². The monoisotopic (exact) mass is 152 g/mol. The molecule has 0 aromatic heterocycles. The molecule has 0 saturated carbocycles. The molecule has 1 atom stereocenters. The molecule has 0 saturated heterocycles. The van der Waals surface area contributed by atoms with Crippen molar-refractivity contribution in [2.45, 2.75) is 13.8 Å². The van der Waals surface area contributed by atoms with Crippen molar-refractivity contribution in [3.8, 4) is 0 Å². The van der Waals surface area contributed by atoms with E-state index in [-0.39, 0.29) is 18.3 Å². The Hall–Kier alpha value is -0.890. The predicted molar refractivity (Wildman–Crippen MR) is 43.1 cm³/mol. The summed E-state index contributed by atoms with van der Waals surface area (Å²) in [5, 5.41) is 8.90. The molecule has 0 fully saturated rings. The summed E-state index contributed by atoms with van der Waals surface area (Å²) in [5.74, 6) is -0.121. The van der Waals surface area contributed by atoms with E-state index in [9.17, 15) is 4.79 Å². The quantitative estimate of drug-likeness (QED) is 0.571. The van der Waals surface area contributed by atoms with Crippen molar-refractivity contribution < 1.29 is 9.90 Å². The minimum atomic E-state index is -0.123. The number of allylic oxidation sites excluding steroid dienone is 1. The van der Waals surface area contributed by atoms with Gasteiger partial charge in [-0.3, -0.25) is 4.79 Å².